The molecule has 0 spiro atoms. The quantitative estimate of drug-likeness (QED) is 0.760. The number of hydrogen-bond donors (Lipinski definition) is 1. The van der Waals surface area contributed by atoms with Crippen LogP contribution in [0, 0.1) is 6.92 Å². The van der Waals surface area contributed by atoms with Gasteiger partial charge in [0.2, 0.25) is 0 Å². The molecule has 4 rings (SSSR count). The maximum absolute atomic E-state index is 12.4. The Morgan fingerprint density at radius 3 is 2.14 bits per heavy atom. The molecule has 28 heavy (non-hydrogen) atoms. The highest BCUT2D eigenvalue weighted by molar-refractivity contribution is 6.05. The van der Waals surface area contributed by atoms with Crippen LogP contribution in [0.3, 0.4) is 0 Å². The summed E-state index contributed by atoms with van der Waals surface area (Å²) in [5, 5.41) is 2.92. The van der Waals surface area contributed by atoms with Crippen LogP contribution in [0.1, 0.15) is 15.9 Å². The van der Waals surface area contributed by atoms with E-state index in [1.54, 1.807) is 6.20 Å². The Hall–Kier alpha value is -3.41. The number of hydrogen-bond acceptors (Lipinski definition) is 5. The zero-order valence-corrected chi connectivity index (χ0v) is 15.9. The fourth-order valence-electron chi connectivity index (χ4n) is 3.38. The number of amides is 1. The van der Waals surface area contributed by atoms with E-state index in [9.17, 15) is 4.79 Å². The number of aryl methyl sites for hydroxylation is 1. The molecule has 1 saturated heterocycles. The summed E-state index contributed by atoms with van der Waals surface area (Å²) in [5.74, 6) is 1.83. The molecular formula is C22H23N5O. The Balaban J connectivity index is 1.36. The molecule has 1 fully saturated rings. The van der Waals surface area contributed by atoms with Gasteiger partial charge in [0, 0.05) is 37.9 Å². The van der Waals surface area contributed by atoms with Crippen LogP contribution in [0.4, 0.5) is 17.3 Å². The molecule has 0 aliphatic carbocycles. The number of benzene rings is 1. The first-order chi connectivity index (χ1) is 13.7. The van der Waals surface area contributed by atoms with Crippen molar-refractivity contribution in [1.29, 1.82) is 0 Å². The molecule has 3 heterocycles. The Labute approximate surface area is 164 Å². The summed E-state index contributed by atoms with van der Waals surface area (Å²) in [7, 11) is 0. The minimum absolute atomic E-state index is 0.114. The highest BCUT2D eigenvalue weighted by Gasteiger charge is 2.19. The van der Waals surface area contributed by atoms with Gasteiger partial charge in [-0.05, 0) is 42.8 Å². The van der Waals surface area contributed by atoms with E-state index >= 15 is 0 Å². The fraction of sp³-hybridized carbons (Fsp3) is 0.227. The second kappa shape index (κ2) is 8.08. The van der Waals surface area contributed by atoms with Crippen LogP contribution in [-0.2, 0) is 0 Å². The van der Waals surface area contributed by atoms with Gasteiger partial charge in [-0.2, -0.15) is 0 Å². The van der Waals surface area contributed by atoms with E-state index in [0.29, 0.717) is 11.3 Å². The van der Waals surface area contributed by atoms with Gasteiger partial charge in [-0.15, -0.1) is 0 Å². The van der Waals surface area contributed by atoms with Gasteiger partial charge in [0.15, 0.2) is 0 Å². The molecule has 1 amide bonds. The third-order valence-electron chi connectivity index (χ3n) is 4.97. The summed E-state index contributed by atoms with van der Waals surface area (Å²) < 4.78 is 0. The summed E-state index contributed by atoms with van der Waals surface area (Å²) in [6.07, 6.45) is 3.55. The second-order valence-corrected chi connectivity index (χ2v) is 6.84. The lowest BCUT2D eigenvalue weighted by Gasteiger charge is -2.36. The Kier molecular flexibility index (Phi) is 5.19. The molecule has 142 valence electrons. The van der Waals surface area contributed by atoms with Crippen molar-refractivity contribution in [2.75, 3.05) is 41.3 Å². The van der Waals surface area contributed by atoms with Crippen molar-refractivity contribution in [2.24, 2.45) is 0 Å². The van der Waals surface area contributed by atoms with Gasteiger partial charge in [-0.3, -0.25) is 4.79 Å². The Bertz CT molecular complexity index is 935. The third kappa shape index (κ3) is 3.96. The summed E-state index contributed by atoms with van der Waals surface area (Å²) in [6.45, 7) is 5.52. The number of nitrogens with zero attached hydrogens (tertiary/aromatic N) is 4. The topological polar surface area (TPSA) is 61.4 Å². The molecule has 0 saturated carbocycles. The molecule has 0 unspecified atom stereocenters. The molecule has 0 radical (unpaired) electrons. The number of aromatic nitrogens is 2. The first-order valence-electron chi connectivity index (χ1n) is 9.45. The SMILES string of the molecule is Cc1ccccc1C(=O)Nc1ccc(N2CCN(c3ccccn3)CC2)nc1. The van der Waals surface area contributed by atoms with Gasteiger partial charge in [-0.25, -0.2) is 9.97 Å². The molecule has 6 heteroatoms. The van der Waals surface area contributed by atoms with Crippen LogP contribution in [-0.4, -0.2) is 42.1 Å². The van der Waals surface area contributed by atoms with E-state index in [2.05, 4.69) is 25.1 Å². The molecule has 3 aromatic rings. The second-order valence-electron chi connectivity index (χ2n) is 6.84. The van der Waals surface area contributed by atoms with E-state index in [0.717, 1.165) is 43.4 Å². The molecule has 0 atom stereocenters. The van der Waals surface area contributed by atoms with Crippen molar-refractivity contribution < 1.29 is 4.79 Å². The number of rotatable bonds is 4. The Morgan fingerprint density at radius 1 is 0.857 bits per heavy atom. The van der Waals surface area contributed by atoms with E-state index in [4.69, 9.17) is 0 Å². The lowest BCUT2D eigenvalue weighted by atomic mass is 10.1. The Morgan fingerprint density at radius 2 is 1.54 bits per heavy atom. The van der Waals surface area contributed by atoms with Crippen molar-refractivity contribution in [3.63, 3.8) is 0 Å². The molecule has 0 bridgehead atoms. The molecule has 1 N–H and O–H groups in total. The molecule has 2 aromatic heterocycles. The number of pyridine rings is 2. The largest absolute Gasteiger partial charge is 0.353 e. The fourth-order valence-corrected chi connectivity index (χ4v) is 3.38. The molecular weight excluding hydrogens is 350 g/mol. The summed E-state index contributed by atoms with van der Waals surface area (Å²) in [5.41, 5.74) is 2.33. The number of nitrogens with one attached hydrogen (secondary N) is 1. The zero-order valence-electron chi connectivity index (χ0n) is 15.9. The predicted molar refractivity (Wildman–Crippen MR) is 112 cm³/mol. The number of carbonyl (C=O) groups excluding carboxylic acids is 1. The van der Waals surface area contributed by atoms with Crippen LogP contribution in [0.25, 0.3) is 0 Å². The smallest absolute Gasteiger partial charge is 0.255 e. The monoisotopic (exact) mass is 373 g/mol. The van der Waals surface area contributed by atoms with Gasteiger partial charge in [0.05, 0.1) is 11.9 Å². The first-order valence-corrected chi connectivity index (χ1v) is 9.45. The predicted octanol–water partition coefficient (Wildman–Crippen LogP) is 3.36. The zero-order chi connectivity index (χ0) is 19.3. The highest BCUT2D eigenvalue weighted by atomic mass is 16.1. The van der Waals surface area contributed by atoms with Gasteiger partial charge in [0.25, 0.3) is 5.91 Å². The summed E-state index contributed by atoms with van der Waals surface area (Å²) >= 11 is 0. The van der Waals surface area contributed by atoms with Crippen LogP contribution in [0.5, 0.6) is 0 Å². The molecule has 1 aliphatic heterocycles. The molecule has 1 aliphatic rings. The van der Waals surface area contributed by atoms with E-state index in [-0.39, 0.29) is 5.91 Å². The van der Waals surface area contributed by atoms with Crippen LogP contribution >= 0.6 is 0 Å². The van der Waals surface area contributed by atoms with Gasteiger partial charge in [0.1, 0.15) is 11.6 Å². The van der Waals surface area contributed by atoms with Crippen molar-refractivity contribution in [2.45, 2.75) is 6.92 Å². The minimum atomic E-state index is -0.114. The lowest BCUT2D eigenvalue weighted by Crippen LogP contribution is -2.47. The van der Waals surface area contributed by atoms with Crippen LogP contribution in [0.15, 0.2) is 67.0 Å². The molecule has 1 aromatic carbocycles. The number of anilines is 3. The minimum Gasteiger partial charge on any atom is -0.353 e. The van der Waals surface area contributed by atoms with E-state index < -0.39 is 0 Å². The van der Waals surface area contributed by atoms with Crippen molar-refractivity contribution >= 4 is 23.2 Å². The van der Waals surface area contributed by atoms with Gasteiger partial charge >= 0.3 is 0 Å². The van der Waals surface area contributed by atoms with E-state index in [1.807, 2.05) is 67.7 Å². The maximum Gasteiger partial charge on any atom is 0.255 e. The highest BCUT2D eigenvalue weighted by Crippen LogP contribution is 2.19. The van der Waals surface area contributed by atoms with Crippen molar-refractivity contribution in [3.05, 3.63) is 78.1 Å². The van der Waals surface area contributed by atoms with Crippen LogP contribution in [0.2, 0.25) is 0 Å². The first kappa shape index (κ1) is 18.0. The van der Waals surface area contributed by atoms with E-state index in [1.165, 1.54) is 0 Å². The van der Waals surface area contributed by atoms with Gasteiger partial charge in [-0.1, -0.05) is 24.3 Å². The number of carbonyl (C=O) groups is 1. The van der Waals surface area contributed by atoms with Crippen LogP contribution < -0.4 is 15.1 Å². The standard InChI is InChI=1S/C22H23N5O/c1-17-6-2-3-7-19(17)22(28)25-18-9-10-21(24-16-18)27-14-12-26(13-15-27)20-8-4-5-11-23-20/h2-11,16H,12-15H2,1H3,(H,25,28). The van der Waals surface area contributed by atoms with Crippen molar-refractivity contribution in [1.82, 2.24) is 9.97 Å². The van der Waals surface area contributed by atoms with Gasteiger partial charge < -0.3 is 15.1 Å². The normalized spacial score (nSPS) is 14.0. The number of piperazine rings is 1. The summed E-state index contributed by atoms with van der Waals surface area (Å²) in [4.78, 5) is 25.9. The average molecular weight is 373 g/mol. The summed E-state index contributed by atoms with van der Waals surface area (Å²) in [6, 6.07) is 17.4. The third-order valence-corrected chi connectivity index (χ3v) is 4.97. The lowest BCUT2D eigenvalue weighted by molar-refractivity contribution is 0.102. The average Bonchev–Trinajstić information content (AvgIpc) is 2.75. The molecule has 6 nitrogen and oxygen atoms in total. The van der Waals surface area contributed by atoms with Crippen molar-refractivity contribution in [3.8, 4) is 0 Å². The maximum atomic E-state index is 12.4.